The lowest BCUT2D eigenvalue weighted by atomic mass is 9.91. The molecule has 0 aromatic heterocycles. The Kier molecular flexibility index (Phi) is 6.77. The number of hydrogen-bond donors (Lipinski definition) is 0. The summed E-state index contributed by atoms with van der Waals surface area (Å²) in [6.07, 6.45) is 9.29. The van der Waals surface area contributed by atoms with Crippen molar-refractivity contribution in [1.82, 2.24) is 9.80 Å². The molecule has 2 heterocycles. The van der Waals surface area contributed by atoms with Gasteiger partial charge in [-0.15, -0.1) is 0 Å². The molecule has 170 valence electrons. The number of nitrogens with zero attached hydrogens (tertiary/aromatic N) is 3. The number of unbranched alkanes of at least 4 members (excludes halogenated alkanes) is 2. The Morgan fingerprint density at radius 1 is 0.750 bits per heavy atom. The normalized spacial score (nSPS) is 18.5. The second-order valence-electron chi connectivity index (χ2n) is 9.82. The molecule has 0 bridgehead atoms. The zero-order valence-corrected chi connectivity index (χ0v) is 19.4. The van der Waals surface area contributed by atoms with Crippen LogP contribution in [-0.2, 0) is 30.7 Å². The summed E-state index contributed by atoms with van der Waals surface area (Å²) in [4.78, 5) is 19.7. The van der Waals surface area contributed by atoms with Crippen LogP contribution in [0, 0.1) is 0 Å². The van der Waals surface area contributed by atoms with Gasteiger partial charge >= 0.3 is 0 Å². The average Bonchev–Trinajstić information content (AvgIpc) is 3.28. The first-order valence-corrected chi connectivity index (χ1v) is 12.7. The maximum Gasteiger partial charge on any atom is 0.223 e. The quantitative estimate of drug-likeness (QED) is 0.590. The van der Waals surface area contributed by atoms with Crippen molar-refractivity contribution in [2.45, 2.75) is 64.5 Å². The molecule has 2 aliphatic heterocycles. The maximum absolute atomic E-state index is 12.5. The van der Waals surface area contributed by atoms with Gasteiger partial charge in [-0.2, -0.15) is 0 Å². The molecule has 5 rings (SSSR count). The van der Waals surface area contributed by atoms with Gasteiger partial charge in [0.1, 0.15) is 0 Å². The minimum absolute atomic E-state index is 0.319. The second kappa shape index (κ2) is 10.1. The van der Waals surface area contributed by atoms with Crippen LogP contribution in [0.1, 0.15) is 60.8 Å². The van der Waals surface area contributed by atoms with E-state index in [0.717, 1.165) is 52.1 Å². The number of carbonyl (C=O) groups is 1. The summed E-state index contributed by atoms with van der Waals surface area (Å²) in [6, 6.07) is 15.6. The Morgan fingerprint density at radius 2 is 1.47 bits per heavy atom. The van der Waals surface area contributed by atoms with Crippen LogP contribution in [0.15, 0.2) is 42.5 Å². The summed E-state index contributed by atoms with van der Waals surface area (Å²) in [5.41, 5.74) is 7.22. The van der Waals surface area contributed by atoms with Crippen LogP contribution in [0.4, 0.5) is 5.69 Å². The molecule has 2 aromatic rings. The summed E-state index contributed by atoms with van der Waals surface area (Å²) < 4.78 is 0. The van der Waals surface area contributed by atoms with Crippen LogP contribution in [-0.4, -0.2) is 48.4 Å². The lowest BCUT2D eigenvalue weighted by Gasteiger charge is -2.36. The van der Waals surface area contributed by atoms with Crippen molar-refractivity contribution in [3.8, 4) is 0 Å². The van der Waals surface area contributed by atoms with Crippen LogP contribution in [0.2, 0.25) is 0 Å². The van der Waals surface area contributed by atoms with Gasteiger partial charge in [0.2, 0.25) is 5.91 Å². The standard InChI is InChI=1S/C28H37N3O/c32-28(31-21-25-10-5-6-11-26(25)22-31)12-2-1-7-15-29-16-18-30(19-17-29)27-14-13-23-8-3-4-9-24(23)20-27/h5-6,10-11,13-14,20H,1-4,7-9,12,15-19,21-22H2. The fourth-order valence-electron chi connectivity index (χ4n) is 5.60. The molecule has 0 unspecified atom stereocenters. The van der Waals surface area contributed by atoms with E-state index in [4.69, 9.17) is 0 Å². The Morgan fingerprint density at radius 3 is 2.22 bits per heavy atom. The molecule has 0 N–H and O–H groups in total. The lowest BCUT2D eigenvalue weighted by molar-refractivity contribution is -0.131. The van der Waals surface area contributed by atoms with Crippen LogP contribution >= 0.6 is 0 Å². The average molecular weight is 432 g/mol. The summed E-state index contributed by atoms with van der Waals surface area (Å²) in [5, 5.41) is 0. The van der Waals surface area contributed by atoms with Gasteiger partial charge in [0, 0.05) is 51.4 Å². The number of hydrogen-bond acceptors (Lipinski definition) is 3. The highest BCUT2D eigenvalue weighted by Gasteiger charge is 2.22. The van der Waals surface area contributed by atoms with E-state index in [2.05, 4.69) is 52.3 Å². The van der Waals surface area contributed by atoms with Crippen LogP contribution in [0.5, 0.6) is 0 Å². The number of fused-ring (bicyclic) bond motifs is 2. The van der Waals surface area contributed by atoms with Crippen molar-refractivity contribution in [3.05, 3.63) is 64.7 Å². The fourth-order valence-corrected chi connectivity index (χ4v) is 5.60. The van der Waals surface area contributed by atoms with E-state index >= 15 is 0 Å². The molecule has 0 spiro atoms. The molecule has 0 atom stereocenters. The summed E-state index contributed by atoms with van der Waals surface area (Å²) in [5.74, 6) is 0.319. The van der Waals surface area contributed by atoms with Gasteiger partial charge in [-0.05, 0) is 79.5 Å². The maximum atomic E-state index is 12.5. The van der Waals surface area contributed by atoms with E-state index in [1.54, 1.807) is 11.1 Å². The lowest BCUT2D eigenvalue weighted by Crippen LogP contribution is -2.46. The van der Waals surface area contributed by atoms with E-state index in [9.17, 15) is 4.79 Å². The first kappa shape index (κ1) is 21.5. The van der Waals surface area contributed by atoms with Crippen molar-refractivity contribution in [3.63, 3.8) is 0 Å². The van der Waals surface area contributed by atoms with Gasteiger partial charge in [-0.3, -0.25) is 9.69 Å². The van der Waals surface area contributed by atoms with Crippen molar-refractivity contribution >= 4 is 11.6 Å². The van der Waals surface area contributed by atoms with Crippen molar-refractivity contribution in [2.24, 2.45) is 0 Å². The first-order valence-electron chi connectivity index (χ1n) is 12.7. The number of benzene rings is 2. The molecule has 0 radical (unpaired) electrons. The fraction of sp³-hybridized carbons (Fsp3) is 0.536. The second-order valence-corrected chi connectivity index (χ2v) is 9.82. The van der Waals surface area contributed by atoms with Gasteiger partial charge in [0.25, 0.3) is 0 Å². The van der Waals surface area contributed by atoms with Gasteiger partial charge in [-0.1, -0.05) is 36.8 Å². The van der Waals surface area contributed by atoms with Gasteiger partial charge < -0.3 is 9.80 Å². The van der Waals surface area contributed by atoms with Gasteiger partial charge in [0.15, 0.2) is 0 Å². The molecule has 1 amide bonds. The Balaban J connectivity index is 0.979. The smallest absolute Gasteiger partial charge is 0.223 e. The van der Waals surface area contributed by atoms with Crippen LogP contribution in [0.25, 0.3) is 0 Å². The van der Waals surface area contributed by atoms with Crippen molar-refractivity contribution in [2.75, 3.05) is 37.6 Å². The van der Waals surface area contributed by atoms with Crippen LogP contribution in [0.3, 0.4) is 0 Å². The molecular formula is C28H37N3O. The third-order valence-corrected chi connectivity index (χ3v) is 7.63. The Hall–Kier alpha value is -2.33. The summed E-state index contributed by atoms with van der Waals surface area (Å²) >= 11 is 0. The molecule has 1 aliphatic carbocycles. The predicted molar refractivity (Wildman–Crippen MR) is 131 cm³/mol. The largest absolute Gasteiger partial charge is 0.369 e. The highest BCUT2D eigenvalue weighted by atomic mass is 16.2. The molecule has 2 aromatic carbocycles. The molecule has 0 saturated carbocycles. The zero-order chi connectivity index (χ0) is 21.8. The number of anilines is 1. The molecule has 3 aliphatic rings. The zero-order valence-electron chi connectivity index (χ0n) is 19.4. The van der Waals surface area contributed by atoms with E-state index < -0.39 is 0 Å². The SMILES string of the molecule is O=C(CCCCCN1CCN(c2ccc3c(c2)CCCC3)CC1)N1Cc2ccccc2C1. The molecule has 4 nitrogen and oxygen atoms in total. The van der Waals surface area contributed by atoms with Gasteiger partial charge in [-0.25, -0.2) is 0 Å². The summed E-state index contributed by atoms with van der Waals surface area (Å²) in [7, 11) is 0. The van der Waals surface area contributed by atoms with E-state index in [-0.39, 0.29) is 0 Å². The molecular weight excluding hydrogens is 394 g/mol. The number of aryl methyl sites for hydroxylation is 2. The molecule has 1 fully saturated rings. The third-order valence-electron chi connectivity index (χ3n) is 7.63. The highest BCUT2D eigenvalue weighted by Crippen LogP contribution is 2.27. The number of carbonyl (C=O) groups excluding carboxylic acids is 1. The number of amides is 1. The van der Waals surface area contributed by atoms with E-state index in [0.29, 0.717) is 12.3 Å². The van der Waals surface area contributed by atoms with Crippen LogP contribution < -0.4 is 4.90 Å². The topological polar surface area (TPSA) is 26.8 Å². The molecule has 1 saturated heterocycles. The Labute approximate surface area is 193 Å². The predicted octanol–water partition coefficient (Wildman–Crippen LogP) is 4.79. The minimum atomic E-state index is 0.319. The van der Waals surface area contributed by atoms with Crippen molar-refractivity contribution < 1.29 is 4.79 Å². The Bertz CT molecular complexity index is 907. The number of rotatable bonds is 7. The van der Waals surface area contributed by atoms with E-state index in [1.807, 2.05) is 4.90 Å². The third kappa shape index (κ3) is 5.01. The van der Waals surface area contributed by atoms with Crippen molar-refractivity contribution in [1.29, 1.82) is 0 Å². The number of piperazine rings is 1. The first-order chi connectivity index (χ1) is 15.8. The monoisotopic (exact) mass is 431 g/mol. The molecule has 4 heteroatoms. The van der Waals surface area contributed by atoms with E-state index in [1.165, 1.54) is 55.5 Å². The summed E-state index contributed by atoms with van der Waals surface area (Å²) in [6.45, 7) is 7.33. The minimum Gasteiger partial charge on any atom is -0.369 e. The highest BCUT2D eigenvalue weighted by molar-refractivity contribution is 5.76. The molecule has 32 heavy (non-hydrogen) atoms. The van der Waals surface area contributed by atoms with Gasteiger partial charge in [0.05, 0.1) is 0 Å².